The SMILES string of the molecule is Cc1n[nH]c(C)c1NCc1ccncc1. The number of aromatic nitrogens is 3. The summed E-state index contributed by atoms with van der Waals surface area (Å²) in [5, 5.41) is 10.4. The molecule has 15 heavy (non-hydrogen) atoms. The Labute approximate surface area is 88.8 Å². The molecule has 0 spiro atoms. The maximum Gasteiger partial charge on any atom is 0.0825 e. The summed E-state index contributed by atoms with van der Waals surface area (Å²) in [6.07, 6.45) is 3.60. The van der Waals surface area contributed by atoms with Crippen LogP contribution in [0.25, 0.3) is 0 Å². The van der Waals surface area contributed by atoms with E-state index >= 15 is 0 Å². The third-order valence-electron chi connectivity index (χ3n) is 2.35. The quantitative estimate of drug-likeness (QED) is 0.800. The predicted molar refractivity (Wildman–Crippen MR) is 59.6 cm³/mol. The molecule has 0 aliphatic carbocycles. The molecular weight excluding hydrogens is 188 g/mol. The van der Waals surface area contributed by atoms with E-state index in [2.05, 4.69) is 20.5 Å². The molecule has 4 nitrogen and oxygen atoms in total. The highest BCUT2D eigenvalue weighted by Crippen LogP contribution is 2.16. The summed E-state index contributed by atoms with van der Waals surface area (Å²) < 4.78 is 0. The molecule has 2 aromatic heterocycles. The van der Waals surface area contributed by atoms with E-state index in [1.807, 2.05) is 26.0 Å². The van der Waals surface area contributed by atoms with Crippen molar-refractivity contribution in [2.75, 3.05) is 5.32 Å². The molecule has 2 rings (SSSR count). The van der Waals surface area contributed by atoms with Crippen LogP contribution >= 0.6 is 0 Å². The van der Waals surface area contributed by atoms with E-state index in [0.29, 0.717) is 0 Å². The van der Waals surface area contributed by atoms with Gasteiger partial charge in [0, 0.05) is 18.9 Å². The Hall–Kier alpha value is -1.84. The van der Waals surface area contributed by atoms with E-state index < -0.39 is 0 Å². The zero-order valence-corrected chi connectivity index (χ0v) is 8.91. The summed E-state index contributed by atoms with van der Waals surface area (Å²) in [6, 6.07) is 4.00. The average molecular weight is 202 g/mol. The molecule has 2 heterocycles. The smallest absolute Gasteiger partial charge is 0.0825 e. The van der Waals surface area contributed by atoms with Crippen molar-refractivity contribution in [2.24, 2.45) is 0 Å². The van der Waals surface area contributed by atoms with Crippen molar-refractivity contribution in [3.63, 3.8) is 0 Å². The number of hydrogen-bond acceptors (Lipinski definition) is 3. The van der Waals surface area contributed by atoms with Crippen LogP contribution in [0.2, 0.25) is 0 Å². The molecule has 0 unspecified atom stereocenters. The molecule has 4 heteroatoms. The van der Waals surface area contributed by atoms with Crippen LogP contribution in [0, 0.1) is 13.8 Å². The number of rotatable bonds is 3. The lowest BCUT2D eigenvalue weighted by Gasteiger charge is -2.05. The number of nitrogens with zero attached hydrogens (tertiary/aromatic N) is 2. The van der Waals surface area contributed by atoms with Crippen LogP contribution in [-0.2, 0) is 6.54 Å². The van der Waals surface area contributed by atoms with Crippen LogP contribution in [0.1, 0.15) is 17.0 Å². The fourth-order valence-electron chi connectivity index (χ4n) is 1.50. The third kappa shape index (κ3) is 2.15. The molecule has 2 aromatic rings. The Kier molecular flexibility index (Phi) is 2.67. The van der Waals surface area contributed by atoms with Crippen LogP contribution in [0.4, 0.5) is 5.69 Å². The summed E-state index contributed by atoms with van der Waals surface area (Å²) in [6.45, 7) is 4.79. The first-order valence-corrected chi connectivity index (χ1v) is 4.91. The first kappa shape index (κ1) is 9.71. The second-order valence-corrected chi connectivity index (χ2v) is 3.52. The van der Waals surface area contributed by atoms with Gasteiger partial charge in [-0.15, -0.1) is 0 Å². The largest absolute Gasteiger partial charge is 0.378 e. The van der Waals surface area contributed by atoms with Gasteiger partial charge in [0.15, 0.2) is 0 Å². The van der Waals surface area contributed by atoms with Crippen molar-refractivity contribution < 1.29 is 0 Å². The minimum Gasteiger partial charge on any atom is -0.378 e. The topological polar surface area (TPSA) is 53.6 Å². The molecule has 0 radical (unpaired) electrons. The Morgan fingerprint density at radius 1 is 1.27 bits per heavy atom. The second kappa shape index (κ2) is 4.13. The minimum absolute atomic E-state index is 0.795. The summed E-state index contributed by atoms with van der Waals surface area (Å²) in [4.78, 5) is 3.98. The normalized spacial score (nSPS) is 10.3. The Balaban J connectivity index is 2.05. The Morgan fingerprint density at radius 2 is 2.00 bits per heavy atom. The van der Waals surface area contributed by atoms with Gasteiger partial charge in [0.25, 0.3) is 0 Å². The van der Waals surface area contributed by atoms with E-state index in [9.17, 15) is 0 Å². The van der Waals surface area contributed by atoms with Crippen molar-refractivity contribution in [1.82, 2.24) is 15.2 Å². The zero-order valence-electron chi connectivity index (χ0n) is 8.91. The second-order valence-electron chi connectivity index (χ2n) is 3.52. The maximum absolute atomic E-state index is 4.13. The van der Waals surface area contributed by atoms with Gasteiger partial charge in [-0.25, -0.2) is 0 Å². The highest BCUT2D eigenvalue weighted by Gasteiger charge is 2.04. The maximum atomic E-state index is 4.13. The molecular formula is C11H14N4. The fraction of sp³-hybridized carbons (Fsp3) is 0.273. The van der Waals surface area contributed by atoms with Crippen LogP contribution in [0.5, 0.6) is 0 Å². The highest BCUT2D eigenvalue weighted by molar-refractivity contribution is 5.51. The zero-order chi connectivity index (χ0) is 10.7. The van der Waals surface area contributed by atoms with Gasteiger partial charge in [0.2, 0.25) is 0 Å². The molecule has 0 aliphatic rings. The summed E-state index contributed by atoms with van der Waals surface area (Å²) in [7, 11) is 0. The fourth-order valence-corrected chi connectivity index (χ4v) is 1.50. The highest BCUT2D eigenvalue weighted by atomic mass is 15.1. The van der Waals surface area contributed by atoms with E-state index in [1.165, 1.54) is 5.56 Å². The molecule has 0 fully saturated rings. The molecule has 78 valence electrons. The van der Waals surface area contributed by atoms with Crippen molar-refractivity contribution in [3.05, 3.63) is 41.5 Å². The average Bonchev–Trinajstić information content (AvgIpc) is 2.58. The number of H-pyrrole nitrogens is 1. The van der Waals surface area contributed by atoms with Crippen LogP contribution in [0.15, 0.2) is 24.5 Å². The Morgan fingerprint density at radius 3 is 2.60 bits per heavy atom. The van der Waals surface area contributed by atoms with Gasteiger partial charge in [-0.05, 0) is 31.5 Å². The number of aromatic amines is 1. The van der Waals surface area contributed by atoms with Crippen molar-refractivity contribution in [1.29, 1.82) is 0 Å². The lowest BCUT2D eigenvalue weighted by atomic mass is 10.2. The van der Waals surface area contributed by atoms with Gasteiger partial charge >= 0.3 is 0 Å². The molecule has 0 aromatic carbocycles. The van der Waals surface area contributed by atoms with E-state index in [0.717, 1.165) is 23.6 Å². The van der Waals surface area contributed by atoms with Crippen LogP contribution in [0.3, 0.4) is 0 Å². The van der Waals surface area contributed by atoms with E-state index in [1.54, 1.807) is 12.4 Å². The summed E-state index contributed by atoms with van der Waals surface area (Å²) in [5.41, 5.74) is 4.37. The summed E-state index contributed by atoms with van der Waals surface area (Å²) >= 11 is 0. The van der Waals surface area contributed by atoms with Crippen LogP contribution < -0.4 is 5.32 Å². The third-order valence-corrected chi connectivity index (χ3v) is 2.35. The monoisotopic (exact) mass is 202 g/mol. The van der Waals surface area contributed by atoms with Crippen molar-refractivity contribution in [2.45, 2.75) is 20.4 Å². The molecule has 0 saturated heterocycles. The first-order valence-electron chi connectivity index (χ1n) is 4.91. The van der Waals surface area contributed by atoms with Gasteiger partial charge in [-0.3, -0.25) is 10.1 Å². The molecule has 0 saturated carbocycles. The summed E-state index contributed by atoms with van der Waals surface area (Å²) in [5.74, 6) is 0. The molecule has 0 amide bonds. The number of pyridine rings is 1. The number of nitrogens with one attached hydrogen (secondary N) is 2. The predicted octanol–water partition coefficient (Wildman–Crippen LogP) is 2.03. The van der Waals surface area contributed by atoms with E-state index in [-0.39, 0.29) is 0 Å². The number of aryl methyl sites for hydroxylation is 2. The first-order chi connectivity index (χ1) is 7.27. The van der Waals surface area contributed by atoms with Crippen LogP contribution in [-0.4, -0.2) is 15.2 Å². The molecule has 2 N–H and O–H groups in total. The lowest BCUT2D eigenvalue weighted by Crippen LogP contribution is -2.00. The number of anilines is 1. The van der Waals surface area contributed by atoms with Gasteiger partial charge < -0.3 is 5.32 Å². The minimum atomic E-state index is 0.795. The van der Waals surface area contributed by atoms with Gasteiger partial charge in [-0.2, -0.15) is 5.10 Å². The Bertz CT molecular complexity index is 414. The molecule has 0 atom stereocenters. The van der Waals surface area contributed by atoms with Gasteiger partial charge in [0.1, 0.15) is 0 Å². The molecule has 0 bridgehead atoms. The van der Waals surface area contributed by atoms with Gasteiger partial charge in [0.05, 0.1) is 17.1 Å². The standard InChI is InChI=1S/C11H14N4/c1-8-11(9(2)15-14-8)13-7-10-3-5-12-6-4-10/h3-6,13H,7H2,1-2H3,(H,14,15). The van der Waals surface area contributed by atoms with Crippen molar-refractivity contribution in [3.8, 4) is 0 Å². The van der Waals surface area contributed by atoms with Crippen molar-refractivity contribution >= 4 is 5.69 Å². The molecule has 0 aliphatic heterocycles. The van der Waals surface area contributed by atoms with E-state index in [4.69, 9.17) is 0 Å². The number of hydrogen-bond donors (Lipinski definition) is 2. The lowest BCUT2D eigenvalue weighted by molar-refractivity contribution is 1.02. The van der Waals surface area contributed by atoms with Gasteiger partial charge in [-0.1, -0.05) is 0 Å².